The Labute approximate surface area is 137 Å². The lowest BCUT2D eigenvalue weighted by Crippen LogP contribution is -1.87. The Hall–Kier alpha value is -2.85. The fourth-order valence-electron chi connectivity index (χ4n) is 2.60. The van der Waals surface area contributed by atoms with Crippen molar-refractivity contribution < 1.29 is 5.11 Å². The van der Waals surface area contributed by atoms with Gasteiger partial charge >= 0.3 is 0 Å². The number of phenols is 1. The highest BCUT2D eigenvalue weighted by molar-refractivity contribution is 6.31. The number of aromatic nitrogens is 3. The van der Waals surface area contributed by atoms with Crippen LogP contribution in [0.3, 0.4) is 0 Å². The van der Waals surface area contributed by atoms with Crippen LogP contribution in [0, 0.1) is 0 Å². The van der Waals surface area contributed by atoms with Crippen LogP contribution in [-0.2, 0) is 0 Å². The number of halogens is 1. The van der Waals surface area contributed by atoms with E-state index in [1.807, 2.05) is 36.4 Å². The van der Waals surface area contributed by atoms with E-state index in [9.17, 15) is 5.11 Å². The van der Waals surface area contributed by atoms with Gasteiger partial charge in [-0.3, -0.25) is 4.98 Å². The molecule has 4 nitrogen and oxygen atoms in total. The maximum absolute atomic E-state index is 10.7. The molecule has 0 unspecified atom stereocenters. The number of fused-ring (bicyclic) bond motifs is 1. The fraction of sp³-hybridized carbons (Fsp3) is 0. The number of aromatic amines is 1. The van der Waals surface area contributed by atoms with Crippen molar-refractivity contribution in [1.29, 1.82) is 0 Å². The second-order valence-corrected chi connectivity index (χ2v) is 5.63. The lowest BCUT2D eigenvalue weighted by molar-refractivity contribution is 0.479. The Morgan fingerprint density at radius 2 is 1.83 bits per heavy atom. The third-order valence-corrected chi connectivity index (χ3v) is 3.91. The summed E-state index contributed by atoms with van der Waals surface area (Å²) in [6.45, 7) is 0. The summed E-state index contributed by atoms with van der Waals surface area (Å²) in [6, 6.07) is 14.8. The van der Waals surface area contributed by atoms with Gasteiger partial charge in [-0.25, -0.2) is 4.98 Å². The molecule has 0 spiro atoms. The van der Waals surface area contributed by atoms with E-state index in [1.165, 1.54) is 0 Å². The molecule has 23 heavy (non-hydrogen) atoms. The van der Waals surface area contributed by atoms with Crippen molar-refractivity contribution >= 4 is 22.6 Å². The number of rotatable bonds is 2. The maximum atomic E-state index is 10.7. The van der Waals surface area contributed by atoms with Crippen LogP contribution < -0.4 is 0 Å². The fourth-order valence-corrected chi connectivity index (χ4v) is 2.82. The largest absolute Gasteiger partial charge is 0.507 e. The quantitative estimate of drug-likeness (QED) is 0.565. The molecular formula is C18H12ClN3O. The van der Waals surface area contributed by atoms with Gasteiger partial charge in [-0.2, -0.15) is 0 Å². The number of pyridine rings is 1. The summed E-state index contributed by atoms with van der Waals surface area (Å²) in [5.41, 5.74) is 3.73. The SMILES string of the molecule is Oc1c(-c2cccnc2)cc(Cl)cc1-c1nc2ccccc2[nH]1. The zero-order valence-electron chi connectivity index (χ0n) is 12.0. The predicted molar refractivity (Wildman–Crippen MR) is 91.4 cm³/mol. The van der Waals surface area contributed by atoms with Crippen LogP contribution in [0.5, 0.6) is 5.75 Å². The van der Waals surface area contributed by atoms with Crippen molar-refractivity contribution in [2.75, 3.05) is 0 Å². The molecule has 0 bridgehead atoms. The molecule has 2 N–H and O–H groups in total. The summed E-state index contributed by atoms with van der Waals surface area (Å²) in [4.78, 5) is 11.8. The number of hydrogen-bond acceptors (Lipinski definition) is 3. The van der Waals surface area contributed by atoms with Crippen LogP contribution in [0.2, 0.25) is 5.02 Å². The van der Waals surface area contributed by atoms with Crippen LogP contribution in [0.25, 0.3) is 33.5 Å². The number of nitrogens with zero attached hydrogens (tertiary/aromatic N) is 2. The number of imidazole rings is 1. The molecule has 0 aliphatic carbocycles. The lowest BCUT2D eigenvalue weighted by atomic mass is 10.0. The van der Waals surface area contributed by atoms with Gasteiger partial charge in [-0.15, -0.1) is 0 Å². The number of aromatic hydroxyl groups is 1. The van der Waals surface area contributed by atoms with Crippen LogP contribution in [0.4, 0.5) is 0 Å². The normalized spacial score (nSPS) is 11.0. The van der Waals surface area contributed by atoms with Gasteiger partial charge in [0.05, 0.1) is 16.6 Å². The second-order valence-electron chi connectivity index (χ2n) is 5.19. The van der Waals surface area contributed by atoms with E-state index in [0.717, 1.165) is 16.6 Å². The van der Waals surface area contributed by atoms with Gasteiger partial charge < -0.3 is 10.1 Å². The minimum atomic E-state index is 0.126. The highest BCUT2D eigenvalue weighted by Crippen LogP contribution is 2.39. The Balaban J connectivity index is 1.94. The Morgan fingerprint density at radius 1 is 1.00 bits per heavy atom. The molecule has 5 heteroatoms. The molecule has 2 aromatic heterocycles. The number of nitrogens with one attached hydrogen (secondary N) is 1. The van der Waals surface area contributed by atoms with Gasteiger partial charge in [-0.1, -0.05) is 29.8 Å². The van der Waals surface area contributed by atoms with Crippen molar-refractivity contribution in [2.45, 2.75) is 0 Å². The van der Waals surface area contributed by atoms with Gasteiger partial charge in [0.1, 0.15) is 11.6 Å². The third kappa shape index (κ3) is 2.43. The molecule has 0 amide bonds. The molecule has 0 atom stereocenters. The number of benzene rings is 2. The first-order valence-electron chi connectivity index (χ1n) is 7.10. The molecule has 0 saturated heterocycles. The molecule has 0 aliphatic rings. The molecule has 2 heterocycles. The van der Waals surface area contributed by atoms with Crippen molar-refractivity contribution in [1.82, 2.24) is 15.0 Å². The first-order valence-corrected chi connectivity index (χ1v) is 7.48. The van der Waals surface area contributed by atoms with E-state index in [1.54, 1.807) is 24.5 Å². The molecule has 4 aromatic rings. The summed E-state index contributed by atoms with van der Waals surface area (Å²) in [6.07, 6.45) is 3.37. The summed E-state index contributed by atoms with van der Waals surface area (Å²) in [5.74, 6) is 0.706. The molecule has 0 aliphatic heterocycles. The summed E-state index contributed by atoms with van der Waals surface area (Å²) < 4.78 is 0. The minimum Gasteiger partial charge on any atom is -0.507 e. The smallest absolute Gasteiger partial charge is 0.142 e. The maximum Gasteiger partial charge on any atom is 0.142 e. The summed E-state index contributed by atoms with van der Waals surface area (Å²) in [7, 11) is 0. The van der Waals surface area contributed by atoms with Crippen molar-refractivity contribution in [3.05, 3.63) is 65.9 Å². The van der Waals surface area contributed by atoms with E-state index >= 15 is 0 Å². The Morgan fingerprint density at radius 3 is 2.61 bits per heavy atom. The number of para-hydroxylation sites is 2. The Kier molecular flexibility index (Phi) is 3.24. The van der Waals surface area contributed by atoms with Gasteiger partial charge in [-0.05, 0) is 30.3 Å². The van der Waals surface area contributed by atoms with E-state index < -0.39 is 0 Å². The number of H-pyrrole nitrogens is 1. The summed E-state index contributed by atoms with van der Waals surface area (Å²) >= 11 is 6.25. The lowest BCUT2D eigenvalue weighted by Gasteiger charge is -2.09. The standard InChI is InChI=1S/C18H12ClN3O/c19-12-8-13(11-4-3-7-20-10-11)17(23)14(9-12)18-21-15-5-1-2-6-16(15)22-18/h1-10,23H,(H,21,22). The zero-order valence-corrected chi connectivity index (χ0v) is 12.7. The highest BCUT2D eigenvalue weighted by atomic mass is 35.5. The highest BCUT2D eigenvalue weighted by Gasteiger charge is 2.15. The summed E-state index contributed by atoms with van der Waals surface area (Å²) in [5, 5.41) is 11.2. The van der Waals surface area contributed by atoms with Gasteiger partial charge in [0.2, 0.25) is 0 Å². The van der Waals surface area contributed by atoms with E-state index in [-0.39, 0.29) is 5.75 Å². The second kappa shape index (κ2) is 5.41. The van der Waals surface area contributed by atoms with E-state index in [0.29, 0.717) is 22.0 Å². The number of hydrogen-bond donors (Lipinski definition) is 2. The molecule has 0 saturated carbocycles. The predicted octanol–water partition coefficient (Wildman–Crippen LogP) is 4.65. The minimum absolute atomic E-state index is 0.126. The zero-order chi connectivity index (χ0) is 15.8. The number of phenolic OH excluding ortho intramolecular Hbond substituents is 1. The van der Waals surface area contributed by atoms with Crippen LogP contribution in [0.1, 0.15) is 0 Å². The van der Waals surface area contributed by atoms with Crippen LogP contribution >= 0.6 is 11.6 Å². The van der Waals surface area contributed by atoms with Gasteiger partial charge in [0.15, 0.2) is 0 Å². The molecule has 0 radical (unpaired) electrons. The van der Waals surface area contributed by atoms with Crippen molar-refractivity contribution in [3.63, 3.8) is 0 Å². The first kappa shape index (κ1) is 13.8. The monoisotopic (exact) mass is 321 g/mol. The third-order valence-electron chi connectivity index (χ3n) is 3.69. The molecular weight excluding hydrogens is 310 g/mol. The van der Waals surface area contributed by atoms with E-state index in [4.69, 9.17) is 11.6 Å². The van der Waals surface area contributed by atoms with Gasteiger partial charge in [0.25, 0.3) is 0 Å². The molecule has 2 aromatic carbocycles. The first-order chi connectivity index (χ1) is 11.2. The molecule has 0 fully saturated rings. The topological polar surface area (TPSA) is 61.8 Å². The average molecular weight is 322 g/mol. The van der Waals surface area contributed by atoms with Crippen LogP contribution in [-0.4, -0.2) is 20.1 Å². The van der Waals surface area contributed by atoms with Crippen molar-refractivity contribution in [2.24, 2.45) is 0 Å². The molecule has 112 valence electrons. The van der Waals surface area contributed by atoms with Crippen molar-refractivity contribution in [3.8, 4) is 28.3 Å². The van der Waals surface area contributed by atoms with E-state index in [2.05, 4.69) is 15.0 Å². The van der Waals surface area contributed by atoms with Gasteiger partial charge in [0, 0.05) is 28.5 Å². The van der Waals surface area contributed by atoms with Crippen LogP contribution in [0.15, 0.2) is 60.9 Å². The Bertz CT molecular complexity index is 963. The molecule has 4 rings (SSSR count). The average Bonchev–Trinajstić information content (AvgIpc) is 3.01.